The maximum atomic E-state index is 12.7. The number of aliphatic hydroxyl groups is 2. The molecule has 1 aliphatic rings. The van der Waals surface area contributed by atoms with Gasteiger partial charge in [-0.3, -0.25) is 23.2 Å². The molecule has 10 N–H and O–H groups in total. The van der Waals surface area contributed by atoms with Crippen molar-refractivity contribution < 1.29 is 75.7 Å². The number of aliphatic hydroxyl groups excluding tert-OH is 2. The standard InChI is InChI=1S/C25H43N6O16P3/c1-5-8-27-16(32)7-9-28-23(35)21(34)25(3,4)12-44-50(41,42)47-49(39,40)43-11-15-20(46-48(36,37)38)19(33)24(45-15)31-13-30-17-18(31)14(6-2)10-29-22(17)26/h10,13,15,19-21,24,33-34H,5-9,11-12H2,1-4H3,(H2,26,29)(H,27,32)(H,28,35)(H,39,40)(H,41,42)(H2,36,37,38). The molecule has 3 rings (SSSR count). The largest absolute Gasteiger partial charge is 0.481 e. The molecule has 0 saturated carbocycles. The van der Waals surface area contributed by atoms with Crippen molar-refractivity contribution in [3.63, 3.8) is 0 Å². The number of phosphoric ester groups is 3. The molecule has 25 heteroatoms. The number of anilines is 1. The average molecular weight is 777 g/mol. The molecule has 7 unspecified atom stereocenters. The van der Waals surface area contributed by atoms with E-state index in [0.717, 1.165) is 6.42 Å². The smallest absolute Gasteiger partial charge is 0.386 e. The highest BCUT2D eigenvalue weighted by Crippen LogP contribution is 2.61. The third kappa shape index (κ3) is 11.3. The van der Waals surface area contributed by atoms with Crippen LogP contribution in [-0.4, -0.2) is 107 Å². The number of rotatable bonds is 19. The van der Waals surface area contributed by atoms with Crippen molar-refractivity contribution in [3.05, 3.63) is 18.1 Å². The molecule has 7 atom stereocenters. The lowest BCUT2D eigenvalue weighted by Gasteiger charge is -2.30. The molecule has 1 saturated heterocycles. The molecular formula is C25H43N6O16P3. The Kier molecular flexibility index (Phi) is 14.3. The van der Waals surface area contributed by atoms with E-state index in [1.54, 1.807) is 6.92 Å². The number of hydrogen-bond acceptors (Lipinski definition) is 15. The number of carbonyl (C=O) groups excluding carboxylic acids is 2. The van der Waals surface area contributed by atoms with Crippen LogP contribution in [0.25, 0.3) is 11.0 Å². The fourth-order valence-electron chi connectivity index (χ4n) is 4.74. The Morgan fingerprint density at radius 3 is 2.36 bits per heavy atom. The summed E-state index contributed by atoms with van der Waals surface area (Å²) < 4.78 is 62.5. The van der Waals surface area contributed by atoms with E-state index in [9.17, 15) is 53.1 Å². The molecule has 3 heterocycles. The second-order valence-corrected chi connectivity index (χ2v) is 16.1. The number of nitrogens with one attached hydrogen (secondary N) is 2. The summed E-state index contributed by atoms with van der Waals surface area (Å²) in [6, 6.07) is 0. The number of carbonyl (C=O) groups is 2. The van der Waals surface area contributed by atoms with Crippen LogP contribution in [0.3, 0.4) is 0 Å². The lowest BCUT2D eigenvalue weighted by Crippen LogP contribution is -2.46. The first-order valence-electron chi connectivity index (χ1n) is 15.2. The molecule has 0 radical (unpaired) electrons. The predicted octanol–water partition coefficient (Wildman–Crippen LogP) is -0.0177. The van der Waals surface area contributed by atoms with Gasteiger partial charge in [0.2, 0.25) is 11.8 Å². The van der Waals surface area contributed by atoms with Crippen LogP contribution < -0.4 is 16.4 Å². The van der Waals surface area contributed by atoms with E-state index in [4.69, 9.17) is 24.0 Å². The lowest BCUT2D eigenvalue weighted by atomic mass is 9.87. The average Bonchev–Trinajstić information content (AvgIpc) is 3.58. The molecular weight excluding hydrogens is 733 g/mol. The molecule has 22 nitrogen and oxygen atoms in total. The number of nitrogens with zero attached hydrogens (tertiary/aromatic N) is 3. The second-order valence-electron chi connectivity index (χ2n) is 11.9. The third-order valence-electron chi connectivity index (χ3n) is 7.34. The molecule has 2 amide bonds. The Morgan fingerprint density at radius 2 is 1.74 bits per heavy atom. The van der Waals surface area contributed by atoms with Gasteiger partial charge in [-0.15, -0.1) is 0 Å². The zero-order chi connectivity index (χ0) is 37.7. The highest BCUT2D eigenvalue weighted by atomic mass is 31.3. The van der Waals surface area contributed by atoms with Gasteiger partial charge in [-0.25, -0.2) is 23.7 Å². The summed E-state index contributed by atoms with van der Waals surface area (Å²) in [5, 5.41) is 26.4. The van der Waals surface area contributed by atoms with Crippen LogP contribution in [0, 0.1) is 5.41 Å². The fraction of sp³-hybridized carbons (Fsp3) is 0.680. The van der Waals surface area contributed by atoms with Crippen LogP contribution in [0.1, 0.15) is 52.3 Å². The molecule has 0 spiro atoms. The van der Waals surface area contributed by atoms with Crippen molar-refractivity contribution in [1.82, 2.24) is 25.2 Å². The number of imidazole rings is 1. The topological polar surface area (TPSA) is 334 Å². The van der Waals surface area contributed by atoms with Gasteiger partial charge >= 0.3 is 23.5 Å². The summed E-state index contributed by atoms with van der Waals surface area (Å²) in [6.45, 7) is 4.62. The van der Waals surface area contributed by atoms with Gasteiger partial charge in [-0.1, -0.05) is 27.7 Å². The molecule has 2 aromatic heterocycles. The Balaban J connectivity index is 1.65. The summed E-state index contributed by atoms with van der Waals surface area (Å²) in [7, 11) is -16.3. The minimum Gasteiger partial charge on any atom is -0.386 e. The van der Waals surface area contributed by atoms with Gasteiger partial charge in [0.15, 0.2) is 12.0 Å². The molecule has 0 bridgehead atoms. The monoisotopic (exact) mass is 776 g/mol. The Bertz CT molecular complexity index is 1650. The van der Waals surface area contributed by atoms with Gasteiger partial charge in [-0.2, -0.15) is 4.31 Å². The second kappa shape index (κ2) is 17.0. The first-order chi connectivity index (χ1) is 23.1. The van der Waals surface area contributed by atoms with Crippen molar-refractivity contribution in [3.8, 4) is 0 Å². The summed E-state index contributed by atoms with van der Waals surface area (Å²) in [5.74, 6) is -1.20. The number of fused-ring (bicyclic) bond motifs is 1. The van der Waals surface area contributed by atoms with Gasteiger partial charge in [0.1, 0.15) is 29.9 Å². The Morgan fingerprint density at radius 1 is 1.08 bits per heavy atom. The van der Waals surface area contributed by atoms with Crippen molar-refractivity contribution >= 4 is 52.1 Å². The van der Waals surface area contributed by atoms with Crippen LogP contribution in [0.4, 0.5) is 5.82 Å². The SMILES string of the molecule is CCCNC(=O)CCNC(=O)C(O)C(C)(C)COP(=O)(O)OP(=O)(O)OCC1OC(n2cnc3c(N)ncc(CC)c32)C(O)C1OP(=O)(O)O. The maximum absolute atomic E-state index is 12.7. The van der Waals surface area contributed by atoms with E-state index in [0.29, 0.717) is 24.0 Å². The van der Waals surface area contributed by atoms with E-state index in [1.807, 2.05) is 6.92 Å². The quantitative estimate of drug-likeness (QED) is 0.0847. The number of ether oxygens (including phenoxy) is 1. The Labute approximate surface area is 286 Å². The molecule has 0 aliphatic carbocycles. The van der Waals surface area contributed by atoms with Crippen LogP contribution in [0.15, 0.2) is 12.5 Å². The van der Waals surface area contributed by atoms with E-state index in [2.05, 4.69) is 24.9 Å². The normalized spacial score (nSPS) is 22.9. The molecule has 284 valence electrons. The van der Waals surface area contributed by atoms with Crippen molar-refractivity contribution in [1.29, 1.82) is 0 Å². The van der Waals surface area contributed by atoms with Gasteiger partial charge in [0, 0.05) is 31.1 Å². The lowest BCUT2D eigenvalue weighted by molar-refractivity contribution is -0.137. The zero-order valence-electron chi connectivity index (χ0n) is 27.5. The van der Waals surface area contributed by atoms with E-state index < -0.39 is 78.6 Å². The van der Waals surface area contributed by atoms with Gasteiger partial charge in [-0.05, 0) is 18.4 Å². The highest BCUT2D eigenvalue weighted by Gasteiger charge is 2.50. The number of hydrogen-bond donors (Lipinski definition) is 9. The molecule has 1 aliphatic heterocycles. The first-order valence-corrected chi connectivity index (χ1v) is 19.7. The van der Waals surface area contributed by atoms with E-state index >= 15 is 0 Å². The number of aryl methyl sites for hydroxylation is 1. The number of pyridine rings is 1. The molecule has 0 aromatic carbocycles. The van der Waals surface area contributed by atoms with Gasteiger partial charge in [0.05, 0.1) is 25.1 Å². The minimum atomic E-state index is -5.53. The van der Waals surface area contributed by atoms with E-state index in [-0.39, 0.29) is 30.2 Å². The number of phosphoric acid groups is 3. The Hall–Kier alpha value is -2.39. The number of aromatic nitrogens is 3. The fourth-order valence-corrected chi connectivity index (χ4v) is 7.56. The minimum absolute atomic E-state index is 0.0464. The third-order valence-corrected chi connectivity index (χ3v) is 10.4. The van der Waals surface area contributed by atoms with Crippen LogP contribution in [0.5, 0.6) is 0 Å². The number of amides is 2. The highest BCUT2D eigenvalue weighted by molar-refractivity contribution is 7.61. The number of nitrogens with two attached hydrogens (primary N) is 1. The van der Waals surface area contributed by atoms with Crippen molar-refractivity contribution in [2.24, 2.45) is 5.41 Å². The van der Waals surface area contributed by atoms with E-state index in [1.165, 1.54) is 30.9 Å². The van der Waals surface area contributed by atoms with Crippen LogP contribution >= 0.6 is 23.5 Å². The summed E-state index contributed by atoms with van der Waals surface area (Å²) >= 11 is 0. The molecule has 1 fully saturated rings. The van der Waals surface area contributed by atoms with Crippen LogP contribution in [-0.2, 0) is 52.3 Å². The van der Waals surface area contributed by atoms with Gasteiger partial charge in [0.25, 0.3) is 0 Å². The van der Waals surface area contributed by atoms with Gasteiger partial charge < -0.3 is 55.5 Å². The summed E-state index contributed by atoms with van der Waals surface area (Å²) in [4.78, 5) is 71.5. The van der Waals surface area contributed by atoms with Crippen molar-refractivity contribution in [2.75, 3.05) is 32.0 Å². The summed E-state index contributed by atoms with van der Waals surface area (Å²) in [5.41, 5.74) is 5.57. The van der Waals surface area contributed by atoms with Crippen LogP contribution in [0.2, 0.25) is 0 Å². The zero-order valence-corrected chi connectivity index (χ0v) is 30.2. The molecule has 2 aromatic rings. The van der Waals surface area contributed by atoms with Crippen molar-refractivity contribution in [2.45, 2.75) is 77.6 Å². The maximum Gasteiger partial charge on any atom is 0.481 e. The number of nitrogen functional groups attached to an aromatic ring is 1. The first kappa shape index (κ1) is 42.0. The summed E-state index contributed by atoms with van der Waals surface area (Å²) in [6.07, 6.45) is -4.89. The molecule has 50 heavy (non-hydrogen) atoms. The predicted molar refractivity (Wildman–Crippen MR) is 172 cm³/mol.